The van der Waals surface area contributed by atoms with Crippen LogP contribution in [-0.4, -0.2) is 24.5 Å². The van der Waals surface area contributed by atoms with Crippen molar-refractivity contribution in [2.45, 2.75) is 25.9 Å². The molecule has 0 radical (unpaired) electrons. The van der Waals surface area contributed by atoms with Crippen LogP contribution in [0.15, 0.2) is 11.4 Å². The van der Waals surface area contributed by atoms with Gasteiger partial charge in [-0.25, -0.2) is 0 Å². The molecule has 0 spiro atoms. The van der Waals surface area contributed by atoms with E-state index in [0.717, 1.165) is 6.54 Å². The minimum atomic E-state index is -1.02. The van der Waals surface area contributed by atoms with Crippen molar-refractivity contribution in [3.05, 3.63) is 11.4 Å². The third-order valence-electron chi connectivity index (χ3n) is 3.09. The molecule has 1 aliphatic heterocycles. The van der Waals surface area contributed by atoms with E-state index in [9.17, 15) is 0 Å². The average Bonchev–Trinajstić information content (AvgIpc) is 1.78. The van der Waals surface area contributed by atoms with Gasteiger partial charge in [-0.05, 0) is 0 Å². The molecule has 66 valence electrons. The second kappa shape index (κ2) is 2.57. The molecule has 11 heavy (non-hydrogen) atoms. The first-order valence-electron chi connectivity index (χ1n) is 4.30. The van der Waals surface area contributed by atoms with Crippen LogP contribution in [0.1, 0.15) is 20.8 Å². The molecule has 1 heterocycles. The molecule has 0 bridgehead atoms. The molecular weight excluding hydrogens is 153 g/mol. The Morgan fingerprint density at radius 3 is 2.27 bits per heavy atom. The predicted octanol–water partition coefficient (Wildman–Crippen LogP) is 2.02. The van der Waals surface area contributed by atoms with Gasteiger partial charge in [-0.15, -0.1) is 0 Å². The zero-order chi connectivity index (χ0) is 8.70. The van der Waals surface area contributed by atoms with Crippen molar-refractivity contribution in [1.29, 1.82) is 0 Å². The topological polar surface area (TPSA) is 26.0 Å². The summed E-state index contributed by atoms with van der Waals surface area (Å²) < 4.78 is 0. The standard InChI is InChI=1S/C9H20NP/c1-9(2,3)11(4)6-8(5-10)7-11/h6,11H,5,7,10H2,1-4H3. The second-order valence-electron chi connectivity index (χ2n) is 4.85. The summed E-state index contributed by atoms with van der Waals surface area (Å²) in [5.41, 5.74) is 7.03. The fraction of sp³-hybridized carbons (Fsp3) is 0.778. The molecule has 0 aromatic carbocycles. The van der Waals surface area contributed by atoms with Crippen LogP contribution >= 0.6 is 7.26 Å². The zero-order valence-corrected chi connectivity index (χ0v) is 9.07. The third kappa shape index (κ3) is 1.50. The molecule has 0 aromatic rings. The third-order valence-corrected chi connectivity index (χ3v) is 8.75. The summed E-state index contributed by atoms with van der Waals surface area (Å²) in [5, 5.41) is 0.520. The second-order valence-corrected chi connectivity index (χ2v) is 9.83. The fourth-order valence-electron chi connectivity index (χ4n) is 1.51. The van der Waals surface area contributed by atoms with Crippen molar-refractivity contribution in [2.24, 2.45) is 5.73 Å². The van der Waals surface area contributed by atoms with Gasteiger partial charge in [-0.3, -0.25) is 0 Å². The fourth-order valence-corrected chi connectivity index (χ4v) is 4.52. The molecule has 0 aromatic heterocycles. The van der Waals surface area contributed by atoms with E-state index < -0.39 is 7.26 Å². The van der Waals surface area contributed by atoms with Crippen LogP contribution in [0.4, 0.5) is 0 Å². The Morgan fingerprint density at radius 2 is 2.00 bits per heavy atom. The van der Waals surface area contributed by atoms with Crippen molar-refractivity contribution in [3.8, 4) is 0 Å². The van der Waals surface area contributed by atoms with Gasteiger partial charge in [0.15, 0.2) is 0 Å². The normalized spacial score (nSPS) is 25.4. The Balaban J connectivity index is 2.71. The van der Waals surface area contributed by atoms with Gasteiger partial charge < -0.3 is 0 Å². The summed E-state index contributed by atoms with van der Waals surface area (Å²) in [5.74, 6) is 2.48. The van der Waals surface area contributed by atoms with Crippen molar-refractivity contribution >= 4 is 7.26 Å². The molecule has 0 saturated carbocycles. The summed E-state index contributed by atoms with van der Waals surface area (Å²) in [7, 11) is -1.02. The molecule has 0 unspecified atom stereocenters. The Kier molecular flexibility index (Phi) is 2.15. The first-order valence-corrected chi connectivity index (χ1v) is 7.08. The van der Waals surface area contributed by atoms with Gasteiger partial charge in [-0.1, -0.05) is 0 Å². The molecule has 0 saturated heterocycles. The molecule has 0 atom stereocenters. The summed E-state index contributed by atoms with van der Waals surface area (Å²) >= 11 is 0. The summed E-state index contributed by atoms with van der Waals surface area (Å²) in [4.78, 5) is 0. The van der Waals surface area contributed by atoms with Crippen LogP contribution < -0.4 is 5.73 Å². The van der Waals surface area contributed by atoms with E-state index in [4.69, 9.17) is 5.73 Å². The van der Waals surface area contributed by atoms with Gasteiger partial charge >= 0.3 is 69.7 Å². The van der Waals surface area contributed by atoms with Crippen molar-refractivity contribution < 1.29 is 0 Å². The predicted molar refractivity (Wildman–Crippen MR) is 56.0 cm³/mol. The van der Waals surface area contributed by atoms with Gasteiger partial charge in [0.1, 0.15) is 0 Å². The molecule has 2 N–H and O–H groups in total. The molecule has 1 aliphatic rings. The van der Waals surface area contributed by atoms with Crippen LogP contribution in [-0.2, 0) is 0 Å². The van der Waals surface area contributed by atoms with E-state index in [2.05, 4.69) is 33.3 Å². The molecule has 2 heteroatoms. The van der Waals surface area contributed by atoms with E-state index in [0.29, 0.717) is 5.16 Å². The van der Waals surface area contributed by atoms with Gasteiger partial charge in [-0.2, -0.15) is 0 Å². The number of nitrogens with two attached hydrogens (primary N) is 1. The molecule has 1 rings (SSSR count). The quantitative estimate of drug-likeness (QED) is 0.603. The van der Waals surface area contributed by atoms with Crippen LogP contribution in [0.3, 0.4) is 0 Å². The first-order chi connectivity index (χ1) is 4.89. The molecule has 0 fully saturated rings. The van der Waals surface area contributed by atoms with E-state index in [1.165, 1.54) is 11.7 Å². The maximum atomic E-state index is 5.55. The van der Waals surface area contributed by atoms with Crippen LogP contribution in [0.5, 0.6) is 0 Å². The van der Waals surface area contributed by atoms with E-state index >= 15 is 0 Å². The van der Waals surface area contributed by atoms with Gasteiger partial charge in [0, 0.05) is 0 Å². The van der Waals surface area contributed by atoms with Crippen molar-refractivity contribution in [2.75, 3.05) is 19.4 Å². The van der Waals surface area contributed by atoms with Crippen molar-refractivity contribution in [3.63, 3.8) is 0 Å². The number of hydrogen-bond acceptors (Lipinski definition) is 1. The van der Waals surface area contributed by atoms with E-state index in [1.807, 2.05) is 0 Å². The molecular formula is C9H20NP. The Labute approximate surface area is 70.4 Å². The van der Waals surface area contributed by atoms with Crippen LogP contribution in [0.2, 0.25) is 0 Å². The van der Waals surface area contributed by atoms with Gasteiger partial charge in [0.2, 0.25) is 0 Å². The average molecular weight is 173 g/mol. The summed E-state index contributed by atoms with van der Waals surface area (Å²) in [6.07, 6.45) is 1.33. The first kappa shape index (κ1) is 9.22. The molecule has 0 aliphatic carbocycles. The summed E-state index contributed by atoms with van der Waals surface area (Å²) in [6, 6.07) is 0. The number of hydrogen-bond donors (Lipinski definition) is 1. The summed E-state index contributed by atoms with van der Waals surface area (Å²) in [6.45, 7) is 10.3. The SMILES string of the molecule is CC(C)(C)[PH]1(C)C=C(CN)C1. The van der Waals surface area contributed by atoms with Gasteiger partial charge in [0.25, 0.3) is 0 Å². The zero-order valence-electron chi connectivity index (χ0n) is 8.07. The van der Waals surface area contributed by atoms with E-state index in [-0.39, 0.29) is 0 Å². The maximum absolute atomic E-state index is 5.55. The van der Waals surface area contributed by atoms with Crippen LogP contribution in [0, 0.1) is 0 Å². The number of rotatable bonds is 1. The Hall–Kier alpha value is 0.130. The Bertz CT molecular complexity index is 190. The molecule has 1 nitrogen and oxygen atoms in total. The van der Waals surface area contributed by atoms with Crippen LogP contribution in [0.25, 0.3) is 0 Å². The molecule has 0 amide bonds. The monoisotopic (exact) mass is 173 g/mol. The minimum absolute atomic E-state index is 0.520. The van der Waals surface area contributed by atoms with Gasteiger partial charge in [0.05, 0.1) is 0 Å². The Morgan fingerprint density at radius 1 is 1.55 bits per heavy atom. The van der Waals surface area contributed by atoms with Crippen molar-refractivity contribution in [1.82, 2.24) is 0 Å². The van der Waals surface area contributed by atoms with E-state index in [1.54, 1.807) is 0 Å².